The van der Waals surface area contributed by atoms with Crippen molar-refractivity contribution >= 4 is 20.3 Å². The number of rotatable bonds is 7. The second-order valence-electron chi connectivity index (χ2n) is 7.26. The van der Waals surface area contributed by atoms with Crippen LogP contribution in [0.5, 0.6) is 0 Å². The Balaban J connectivity index is 0. The van der Waals surface area contributed by atoms with E-state index in [1.807, 2.05) is 0 Å². The molecule has 0 aliphatic heterocycles. The van der Waals surface area contributed by atoms with Crippen LogP contribution in [-0.2, 0) is 0 Å². The van der Waals surface area contributed by atoms with Gasteiger partial charge in [0.2, 0.25) is 0 Å². The molecule has 0 aliphatic carbocycles. The molecule has 0 N–H and O–H groups in total. The van der Waals surface area contributed by atoms with E-state index in [1.54, 1.807) is 0 Å². The molecule has 0 aromatic carbocycles. The summed E-state index contributed by atoms with van der Waals surface area (Å²) in [7, 11) is 0.133. The Bertz CT molecular complexity index is 174. The van der Waals surface area contributed by atoms with Gasteiger partial charge in [0.25, 0.3) is 0 Å². The van der Waals surface area contributed by atoms with Gasteiger partial charge in [-0.2, -0.15) is 0 Å². The fourth-order valence-corrected chi connectivity index (χ4v) is 6.62. The molecular formula is C16H36ClP. The van der Waals surface area contributed by atoms with E-state index in [0.29, 0.717) is 10.3 Å². The molecule has 0 radical (unpaired) electrons. The van der Waals surface area contributed by atoms with Crippen LogP contribution in [0, 0.1) is 0 Å². The number of unbranched alkanes of at least 4 members (excludes halogenated alkanes) is 5. The van der Waals surface area contributed by atoms with Gasteiger partial charge >= 0.3 is 0 Å². The van der Waals surface area contributed by atoms with Crippen LogP contribution in [0.3, 0.4) is 0 Å². The van der Waals surface area contributed by atoms with Crippen molar-refractivity contribution in [3.05, 3.63) is 0 Å². The van der Waals surface area contributed by atoms with Crippen LogP contribution in [0.15, 0.2) is 0 Å². The standard InChI is InChI=1S/C16H35P.ClH/c1-8-9-10-11-12-13-14-17(15(2,3)4)16(5,6)7;/h8-14H2,1-7H3;1H. The molecule has 0 aromatic rings. The lowest BCUT2D eigenvalue weighted by Gasteiger charge is -2.41. The maximum atomic E-state index is 2.43. The van der Waals surface area contributed by atoms with Crippen LogP contribution in [0.25, 0.3) is 0 Å². The third-order valence-electron chi connectivity index (χ3n) is 3.35. The van der Waals surface area contributed by atoms with Crippen molar-refractivity contribution in [1.82, 2.24) is 0 Å². The molecule has 0 aromatic heterocycles. The van der Waals surface area contributed by atoms with Crippen LogP contribution in [-0.4, -0.2) is 16.5 Å². The lowest BCUT2D eigenvalue weighted by Crippen LogP contribution is -2.26. The predicted octanol–water partition coefficient (Wildman–Crippen LogP) is 6.85. The maximum Gasteiger partial charge on any atom is -0.0175 e. The van der Waals surface area contributed by atoms with Crippen LogP contribution < -0.4 is 0 Å². The zero-order valence-electron chi connectivity index (χ0n) is 13.8. The van der Waals surface area contributed by atoms with E-state index in [1.165, 1.54) is 44.7 Å². The van der Waals surface area contributed by atoms with E-state index >= 15 is 0 Å². The van der Waals surface area contributed by atoms with Gasteiger partial charge in [-0.05, 0) is 22.9 Å². The van der Waals surface area contributed by atoms with Gasteiger partial charge in [-0.25, -0.2) is 0 Å². The Kier molecular flexibility index (Phi) is 11.2. The van der Waals surface area contributed by atoms with Crippen molar-refractivity contribution in [3.63, 3.8) is 0 Å². The Morgan fingerprint density at radius 3 is 1.44 bits per heavy atom. The summed E-state index contributed by atoms with van der Waals surface area (Å²) in [5, 5.41) is 1.02. The Hall–Kier alpha value is 0.720. The highest BCUT2D eigenvalue weighted by molar-refractivity contribution is 7.60. The van der Waals surface area contributed by atoms with Crippen LogP contribution in [0.1, 0.15) is 87.0 Å². The fourth-order valence-electron chi connectivity index (χ4n) is 2.73. The average molecular weight is 295 g/mol. The minimum absolute atomic E-state index is 0. The van der Waals surface area contributed by atoms with Crippen molar-refractivity contribution in [2.75, 3.05) is 6.16 Å². The summed E-state index contributed by atoms with van der Waals surface area (Å²) in [5.74, 6) is 0. The first kappa shape index (κ1) is 21.0. The van der Waals surface area contributed by atoms with E-state index in [-0.39, 0.29) is 20.3 Å². The van der Waals surface area contributed by atoms with Gasteiger partial charge in [0, 0.05) is 0 Å². The summed E-state index contributed by atoms with van der Waals surface area (Å²) in [6.07, 6.45) is 10.0. The third kappa shape index (κ3) is 9.62. The van der Waals surface area contributed by atoms with Crippen molar-refractivity contribution < 1.29 is 0 Å². The zero-order valence-corrected chi connectivity index (χ0v) is 15.5. The minimum atomic E-state index is 0. The van der Waals surface area contributed by atoms with E-state index in [4.69, 9.17) is 0 Å². The molecule has 0 heterocycles. The normalized spacial score (nSPS) is 12.7. The number of halogens is 1. The Morgan fingerprint density at radius 1 is 0.667 bits per heavy atom. The molecule has 0 amide bonds. The monoisotopic (exact) mass is 294 g/mol. The van der Waals surface area contributed by atoms with Crippen LogP contribution in [0.4, 0.5) is 0 Å². The van der Waals surface area contributed by atoms with E-state index < -0.39 is 0 Å². The molecule has 0 atom stereocenters. The van der Waals surface area contributed by atoms with Crippen LogP contribution in [0.2, 0.25) is 0 Å². The highest BCUT2D eigenvalue weighted by atomic mass is 35.5. The molecular weight excluding hydrogens is 259 g/mol. The molecule has 0 unspecified atom stereocenters. The molecule has 0 fully saturated rings. The van der Waals surface area contributed by atoms with E-state index in [2.05, 4.69) is 48.5 Å². The average Bonchev–Trinajstić information content (AvgIpc) is 2.12. The molecule has 0 rings (SSSR count). The molecule has 0 saturated heterocycles. The molecule has 0 bridgehead atoms. The predicted molar refractivity (Wildman–Crippen MR) is 91.9 cm³/mol. The molecule has 18 heavy (non-hydrogen) atoms. The van der Waals surface area contributed by atoms with E-state index in [0.717, 1.165) is 0 Å². The fraction of sp³-hybridized carbons (Fsp3) is 1.00. The lowest BCUT2D eigenvalue weighted by atomic mass is 10.1. The summed E-state index contributed by atoms with van der Waals surface area (Å²) >= 11 is 0. The summed E-state index contributed by atoms with van der Waals surface area (Å²) in [4.78, 5) is 0. The number of hydrogen-bond donors (Lipinski definition) is 0. The smallest absolute Gasteiger partial charge is 0.0175 e. The molecule has 2 heteroatoms. The Labute approximate surface area is 124 Å². The van der Waals surface area contributed by atoms with E-state index in [9.17, 15) is 0 Å². The van der Waals surface area contributed by atoms with Gasteiger partial charge in [-0.3, -0.25) is 0 Å². The molecule has 0 spiro atoms. The van der Waals surface area contributed by atoms with Crippen molar-refractivity contribution in [2.45, 2.75) is 97.3 Å². The largest absolute Gasteiger partial charge is 0.147 e. The topological polar surface area (TPSA) is 0 Å². The highest BCUT2D eigenvalue weighted by Gasteiger charge is 2.33. The van der Waals surface area contributed by atoms with Gasteiger partial charge in [0.1, 0.15) is 0 Å². The maximum absolute atomic E-state index is 2.43. The quantitative estimate of drug-likeness (QED) is 0.356. The summed E-state index contributed by atoms with van der Waals surface area (Å²) in [5.41, 5.74) is 0. The second kappa shape index (κ2) is 9.60. The first-order valence-electron chi connectivity index (χ1n) is 7.47. The molecule has 112 valence electrons. The van der Waals surface area contributed by atoms with Gasteiger partial charge < -0.3 is 0 Å². The molecule has 0 aliphatic rings. The van der Waals surface area contributed by atoms with Crippen LogP contribution >= 0.6 is 20.3 Å². The SMILES string of the molecule is CCCCCCCCP(C(C)(C)C)C(C)(C)C.Cl. The van der Waals surface area contributed by atoms with Gasteiger partial charge in [-0.15, -0.1) is 12.4 Å². The third-order valence-corrected chi connectivity index (χ3v) is 7.36. The van der Waals surface area contributed by atoms with Crippen molar-refractivity contribution in [2.24, 2.45) is 0 Å². The zero-order chi connectivity index (χ0) is 13.5. The molecule has 0 nitrogen and oxygen atoms in total. The van der Waals surface area contributed by atoms with Gasteiger partial charge in [-0.1, -0.05) is 88.5 Å². The summed E-state index contributed by atoms with van der Waals surface area (Å²) in [6.45, 7) is 16.9. The second-order valence-corrected chi connectivity index (χ2v) is 11.2. The van der Waals surface area contributed by atoms with Crippen molar-refractivity contribution in [1.29, 1.82) is 0 Å². The van der Waals surface area contributed by atoms with Gasteiger partial charge in [0.15, 0.2) is 0 Å². The minimum Gasteiger partial charge on any atom is -0.147 e. The molecule has 0 saturated carbocycles. The van der Waals surface area contributed by atoms with Crippen molar-refractivity contribution in [3.8, 4) is 0 Å². The lowest BCUT2D eigenvalue weighted by molar-refractivity contribution is 0.620. The first-order valence-corrected chi connectivity index (χ1v) is 9.00. The first-order chi connectivity index (χ1) is 7.69. The number of hydrogen-bond acceptors (Lipinski definition) is 0. The summed E-state index contributed by atoms with van der Waals surface area (Å²) < 4.78 is 0. The highest BCUT2D eigenvalue weighted by Crippen LogP contribution is 2.59. The summed E-state index contributed by atoms with van der Waals surface area (Å²) in [6, 6.07) is 0. The Morgan fingerprint density at radius 2 is 1.06 bits per heavy atom. The van der Waals surface area contributed by atoms with Gasteiger partial charge in [0.05, 0.1) is 0 Å².